The summed E-state index contributed by atoms with van der Waals surface area (Å²) in [5.74, 6) is -3.07. The number of hydrogen-bond acceptors (Lipinski definition) is 5. The van der Waals surface area contributed by atoms with Gasteiger partial charge in [0.15, 0.2) is 0 Å². The second kappa shape index (κ2) is 8.44. The van der Waals surface area contributed by atoms with Gasteiger partial charge in [-0.3, -0.25) is 0 Å². The van der Waals surface area contributed by atoms with E-state index in [1.54, 1.807) is 18.2 Å². The first-order valence-corrected chi connectivity index (χ1v) is 6.41. The standard InChI is InChI=1S/C11H14ClN.C4H4O4/c1-8-7-13-5-4-9-2-3-10(12)6-11(8)9;5-3(6)1-2-4(7)8/h2-3,6,8,13H,4-5,7H2,1H3;1-2H,(H,5,6)(H,7,8)/p-2/b;2-1-/t8-;/m0./s1/i4D2,5D2;. The molecule has 2 rings (SSSR count). The minimum absolute atomic E-state index is 0.0244. The number of rotatable bonds is 2. The van der Waals surface area contributed by atoms with E-state index in [0.29, 0.717) is 29.3 Å². The maximum absolute atomic E-state index is 9.41. The smallest absolute Gasteiger partial charge is 0.0643 e. The van der Waals surface area contributed by atoms with Crippen molar-refractivity contribution in [1.82, 2.24) is 5.32 Å². The summed E-state index contributed by atoms with van der Waals surface area (Å²) >= 11 is 5.92. The number of carbonyl (C=O) groups is 2. The summed E-state index contributed by atoms with van der Waals surface area (Å²) < 4.78 is 31.6. The molecule has 6 heteroatoms. The first kappa shape index (κ1) is 11.8. The number of aliphatic carboxylic acids is 2. The molecule has 0 saturated heterocycles. The molecule has 1 aliphatic heterocycles. The van der Waals surface area contributed by atoms with Crippen molar-refractivity contribution < 1.29 is 25.3 Å². The second-order valence-corrected chi connectivity index (χ2v) is 4.67. The van der Waals surface area contributed by atoms with Crippen molar-refractivity contribution in [3.05, 3.63) is 46.5 Å². The molecule has 21 heavy (non-hydrogen) atoms. The Hall–Kier alpha value is -1.85. The Kier molecular flexibility index (Phi) is 4.73. The fourth-order valence-electron chi connectivity index (χ4n) is 1.62. The SMILES string of the molecule is O=C([O-])/C=C\C(=O)[O-].[2H]C1([2H])NC[C@H](C)c2cc(Cl)ccc2C1([2H])[2H]. The molecule has 0 spiro atoms. The van der Waals surface area contributed by atoms with Crippen LogP contribution in [-0.2, 0) is 16.0 Å². The number of benzene rings is 1. The number of fused-ring (bicyclic) bond motifs is 1. The van der Waals surface area contributed by atoms with Crippen LogP contribution in [0.3, 0.4) is 0 Å². The molecule has 0 aliphatic carbocycles. The zero-order chi connectivity index (χ0) is 19.4. The lowest BCUT2D eigenvalue weighted by molar-refractivity contribution is -0.301. The van der Waals surface area contributed by atoms with Crippen LogP contribution in [0.1, 0.15) is 29.5 Å². The molecular weight excluding hydrogens is 294 g/mol. The highest BCUT2D eigenvalue weighted by molar-refractivity contribution is 6.30. The topological polar surface area (TPSA) is 92.3 Å². The van der Waals surface area contributed by atoms with Crippen molar-refractivity contribution in [3.63, 3.8) is 0 Å². The molecule has 0 saturated carbocycles. The second-order valence-electron chi connectivity index (χ2n) is 4.23. The van der Waals surface area contributed by atoms with Gasteiger partial charge in [-0.1, -0.05) is 24.6 Å². The highest BCUT2D eigenvalue weighted by Crippen LogP contribution is 2.25. The van der Waals surface area contributed by atoms with Crippen LogP contribution in [0.5, 0.6) is 0 Å². The first-order valence-electron chi connectivity index (χ1n) is 8.03. The Bertz CT molecular complexity index is 678. The summed E-state index contributed by atoms with van der Waals surface area (Å²) in [5, 5.41) is 22.0. The van der Waals surface area contributed by atoms with E-state index in [1.165, 1.54) is 0 Å². The molecular formula is C15H16ClNO4-2. The molecule has 0 fully saturated rings. The Morgan fingerprint density at radius 2 is 2.00 bits per heavy atom. The number of halogens is 1. The molecule has 114 valence electrons. The molecule has 0 radical (unpaired) electrons. The molecule has 0 amide bonds. The zero-order valence-electron chi connectivity index (χ0n) is 15.2. The van der Waals surface area contributed by atoms with Crippen molar-refractivity contribution in [3.8, 4) is 0 Å². The fourth-order valence-corrected chi connectivity index (χ4v) is 1.80. The lowest BCUT2D eigenvalue weighted by Gasteiger charge is -2.11. The average molecular weight is 314 g/mol. The van der Waals surface area contributed by atoms with Crippen molar-refractivity contribution in [1.29, 1.82) is 0 Å². The van der Waals surface area contributed by atoms with Gasteiger partial charge in [-0.15, -0.1) is 0 Å². The summed E-state index contributed by atoms with van der Waals surface area (Å²) in [6.45, 7) is 0.236. The summed E-state index contributed by atoms with van der Waals surface area (Å²) in [7, 11) is 0. The quantitative estimate of drug-likeness (QED) is 0.752. The molecule has 0 bridgehead atoms. The number of aryl methyl sites for hydroxylation is 1. The summed E-state index contributed by atoms with van der Waals surface area (Å²) in [4.78, 5) is 18.8. The maximum atomic E-state index is 9.41. The third-order valence-electron chi connectivity index (χ3n) is 2.59. The molecule has 1 heterocycles. The van der Waals surface area contributed by atoms with Crippen molar-refractivity contribution >= 4 is 23.5 Å². The minimum Gasteiger partial charge on any atom is -0.545 e. The third kappa shape index (κ3) is 6.42. The molecule has 1 aromatic carbocycles. The van der Waals surface area contributed by atoms with Crippen molar-refractivity contribution in [2.45, 2.75) is 19.2 Å². The largest absolute Gasteiger partial charge is 0.545 e. The van der Waals surface area contributed by atoms with E-state index >= 15 is 0 Å². The van der Waals surface area contributed by atoms with Gasteiger partial charge in [-0.25, -0.2) is 0 Å². The monoisotopic (exact) mass is 313 g/mol. The highest BCUT2D eigenvalue weighted by atomic mass is 35.5. The van der Waals surface area contributed by atoms with Gasteiger partial charge >= 0.3 is 0 Å². The van der Waals surface area contributed by atoms with Crippen molar-refractivity contribution in [2.24, 2.45) is 0 Å². The van der Waals surface area contributed by atoms with Crippen LogP contribution in [0.4, 0.5) is 0 Å². The Morgan fingerprint density at radius 1 is 1.38 bits per heavy atom. The van der Waals surface area contributed by atoms with E-state index in [-0.39, 0.29) is 5.92 Å². The maximum Gasteiger partial charge on any atom is 0.0643 e. The molecule has 0 aromatic heterocycles. The van der Waals surface area contributed by atoms with Gasteiger partial charge in [-0.2, -0.15) is 0 Å². The molecule has 5 nitrogen and oxygen atoms in total. The lowest BCUT2D eigenvalue weighted by Crippen LogP contribution is -2.23. The Labute approximate surface area is 133 Å². The summed E-state index contributed by atoms with van der Waals surface area (Å²) in [6, 6.07) is 4.91. The molecule has 1 atom stereocenters. The molecule has 1 N–H and O–H groups in total. The van der Waals surface area contributed by atoms with Gasteiger partial charge in [0.1, 0.15) is 0 Å². The van der Waals surface area contributed by atoms with Crippen LogP contribution < -0.4 is 15.5 Å². The number of hydrogen-bond donors (Lipinski definition) is 1. The Balaban J connectivity index is 0.000000333. The molecule has 1 aromatic rings. The number of carboxylic acid groups (broad SMARTS) is 2. The van der Waals surface area contributed by atoms with E-state index in [0.717, 1.165) is 5.56 Å². The van der Waals surface area contributed by atoms with E-state index in [9.17, 15) is 19.8 Å². The average Bonchev–Trinajstić information content (AvgIpc) is 2.56. The molecule has 1 aliphatic rings. The third-order valence-corrected chi connectivity index (χ3v) is 2.83. The van der Waals surface area contributed by atoms with E-state index < -0.39 is 24.8 Å². The van der Waals surface area contributed by atoms with Gasteiger partial charge in [0.2, 0.25) is 0 Å². The predicted octanol–water partition coefficient (Wildman–Crippen LogP) is -0.368. The number of nitrogens with one attached hydrogen (secondary N) is 1. The van der Waals surface area contributed by atoms with Crippen molar-refractivity contribution in [2.75, 3.05) is 13.0 Å². The van der Waals surface area contributed by atoms with Gasteiger partial charge in [0.05, 0.1) is 11.9 Å². The highest BCUT2D eigenvalue weighted by Gasteiger charge is 2.13. The van der Waals surface area contributed by atoms with Crippen LogP contribution in [-0.4, -0.2) is 25.0 Å². The summed E-state index contributed by atoms with van der Waals surface area (Å²) in [5.41, 5.74) is 1.15. The fraction of sp³-hybridized carbons (Fsp3) is 0.333. The molecule has 0 unspecified atom stereocenters. The predicted molar refractivity (Wildman–Crippen MR) is 75.6 cm³/mol. The van der Waals surface area contributed by atoms with Gasteiger partial charge in [-0.05, 0) is 54.2 Å². The van der Waals surface area contributed by atoms with E-state index in [2.05, 4.69) is 5.32 Å². The van der Waals surface area contributed by atoms with Crippen LogP contribution in [0.15, 0.2) is 30.4 Å². The van der Waals surface area contributed by atoms with Gasteiger partial charge in [0.25, 0.3) is 0 Å². The van der Waals surface area contributed by atoms with Crippen LogP contribution in [0.25, 0.3) is 0 Å². The van der Waals surface area contributed by atoms with E-state index in [4.69, 9.17) is 17.1 Å². The normalized spacial score (nSPS) is 25.0. The van der Waals surface area contributed by atoms with Crippen LogP contribution >= 0.6 is 11.6 Å². The number of carboxylic acids is 2. The van der Waals surface area contributed by atoms with E-state index in [1.807, 2.05) is 6.92 Å². The first-order chi connectivity index (χ1) is 11.4. The lowest BCUT2D eigenvalue weighted by atomic mass is 9.96. The zero-order valence-corrected chi connectivity index (χ0v) is 11.9. The van der Waals surface area contributed by atoms with Crippen LogP contribution in [0.2, 0.25) is 5.02 Å². The Morgan fingerprint density at radius 3 is 2.57 bits per heavy atom. The van der Waals surface area contributed by atoms with Crippen LogP contribution in [0, 0.1) is 0 Å². The van der Waals surface area contributed by atoms with Gasteiger partial charge < -0.3 is 25.1 Å². The minimum atomic E-state index is -2.08. The number of carbonyl (C=O) groups excluding carboxylic acids is 2. The summed E-state index contributed by atoms with van der Waals surface area (Å²) in [6.07, 6.45) is -1.30. The van der Waals surface area contributed by atoms with Gasteiger partial charge in [0, 0.05) is 17.1 Å².